The molecule has 3 N–H and O–H groups in total. The Morgan fingerprint density at radius 3 is 2.27 bits per heavy atom. The topological polar surface area (TPSA) is 107 Å². The summed E-state index contributed by atoms with van der Waals surface area (Å²) in [7, 11) is -3.20. The molecule has 12 heteroatoms. The van der Waals surface area contributed by atoms with Gasteiger partial charge in [0.1, 0.15) is 0 Å². The van der Waals surface area contributed by atoms with Crippen molar-refractivity contribution in [2.45, 2.75) is 68.7 Å². The molecule has 240 valence electrons. The highest BCUT2D eigenvalue weighted by atomic mass is 35.5. The van der Waals surface area contributed by atoms with E-state index in [9.17, 15) is 31.5 Å². The molecule has 0 aliphatic carbocycles. The highest BCUT2D eigenvalue weighted by molar-refractivity contribution is 7.89. The first-order valence-electron chi connectivity index (χ1n) is 14.1. The largest absolute Gasteiger partial charge is 0.481 e. The normalized spacial score (nSPS) is 13.3. The number of carboxylic acids is 1. The first-order valence-corrected chi connectivity index (χ1v) is 16.0. The fourth-order valence-corrected chi connectivity index (χ4v) is 6.25. The monoisotopic (exact) mass is 654 g/mol. The lowest BCUT2D eigenvalue weighted by molar-refractivity contribution is -0.138. The average molecular weight is 655 g/mol. The predicted octanol–water partition coefficient (Wildman–Crippen LogP) is 6.42. The van der Waals surface area contributed by atoms with E-state index in [-0.39, 0.29) is 37.0 Å². The molecule has 0 aliphatic heterocycles. The maximum atomic E-state index is 13.8. The number of nitrogens with zero attached hydrogens (tertiary/aromatic N) is 1. The molecule has 0 fully saturated rings. The van der Waals surface area contributed by atoms with Crippen molar-refractivity contribution in [2.24, 2.45) is 0 Å². The Bertz CT molecular complexity index is 1530. The number of aryl methyl sites for hydroxylation is 2. The molecule has 7 nitrogen and oxygen atoms in total. The van der Waals surface area contributed by atoms with E-state index in [4.69, 9.17) is 16.7 Å². The summed E-state index contributed by atoms with van der Waals surface area (Å²) in [5, 5.41) is 23.5. The second kappa shape index (κ2) is 14.9. The van der Waals surface area contributed by atoms with Gasteiger partial charge in [0.25, 0.3) is 0 Å². The van der Waals surface area contributed by atoms with E-state index >= 15 is 0 Å². The van der Waals surface area contributed by atoms with Gasteiger partial charge < -0.3 is 15.5 Å². The minimum Gasteiger partial charge on any atom is -0.481 e. The smallest absolute Gasteiger partial charge is 0.416 e. The number of alkyl halides is 3. The van der Waals surface area contributed by atoms with Crippen molar-refractivity contribution in [1.29, 1.82) is 0 Å². The van der Waals surface area contributed by atoms with Gasteiger partial charge in [-0.2, -0.15) is 17.5 Å². The highest BCUT2D eigenvalue weighted by Crippen LogP contribution is 2.35. The van der Waals surface area contributed by atoms with Crippen molar-refractivity contribution < 1.29 is 36.6 Å². The fourth-order valence-electron chi connectivity index (χ4n) is 4.74. The maximum Gasteiger partial charge on any atom is 0.416 e. The second-order valence-electron chi connectivity index (χ2n) is 11.5. The van der Waals surface area contributed by atoms with Gasteiger partial charge in [-0.05, 0) is 86.1 Å². The maximum absolute atomic E-state index is 13.8. The van der Waals surface area contributed by atoms with Crippen molar-refractivity contribution in [3.8, 4) is 11.1 Å². The summed E-state index contributed by atoms with van der Waals surface area (Å²) in [6.45, 7) is 3.67. The highest BCUT2D eigenvalue weighted by Gasteiger charge is 2.34. The van der Waals surface area contributed by atoms with Crippen LogP contribution in [0.5, 0.6) is 0 Å². The predicted molar refractivity (Wildman–Crippen MR) is 165 cm³/mol. The molecule has 0 saturated heterocycles. The number of β-amino-alcohol motifs (C(OH)–C–C–N with tert-alkyl or cyclic N) is 1. The molecule has 0 spiro atoms. The summed E-state index contributed by atoms with van der Waals surface area (Å²) in [6, 6.07) is 16.5. The number of halogens is 4. The van der Waals surface area contributed by atoms with Gasteiger partial charge in [0, 0.05) is 37.1 Å². The molecular formula is C32H38ClF3N2O5S. The van der Waals surface area contributed by atoms with Crippen molar-refractivity contribution >= 4 is 27.6 Å². The van der Waals surface area contributed by atoms with Crippen molar-refractivity contribution in [3.63, 3.8) is 0 Å². The van der Waals surface area contributed by atoms with E-state index in [0.29, 0.717) is 22.2 Å². The molecule has 3 aromatic rings. The number of aliphatic hydroxyl groups excluding tert-OH is 1. The van der Waals surface area contributed by atoms with Crippen LogP contribution in [-0.2, 0) is 33.8 Å². The molecule has 0 unspecified atom stereocenters. The Morgan fingerprint density at radius 2 is 1.66 bits per heavy atom. The summed E-state index contributed by atoms with van der Waals surface area (Å²) < 4.78 is 69.0. The number of benzene rings is 3. The van der Waals surface area contributed by atoms with Gasteiger partial charge in [0.15, 0.2) is 0 Å². The van der Waals surface area contributed by atoms with Crippen LogP contribution in [0.15, 0.2) is 71.6 Å². The van der Waals surface area contributed by atoms with Gasteiger partial charge in [-0.3, -0.25) is 4.79 Å². The molecule has 3 aromatic carbocycles. The lowest BCUT2D eigenvalue weighted by Crippen LogP contribution is -2.46. The van der Waals surface area contributed by atoms with Crippen molar-refractivity contribution in [2.75, 3.05) is 20.1 Å². The summed E-state index contributed by atoms with van der Waals surface area (Å²) >= 11 is 6.23. The van der Waals surface area contributed by atoms with Crippen LogP contribution in [0.3, 0.4) is 0 Å². The summed E-state index contributed by atoms with van der Waals surface area (Å²) in [4.78, 5) is 10.3. The molecule has 0 bridgehead atoms. The molecule has 0 aliphatic rings. The van der Waals surface area contributed by atoms with E-state index in [1.54, 1.807) is 12.1 Å². The number of nitrogens with one attached hydrogen (secondary N) is 1. The van der Waals surface area contributed by atoms with Gasteiger partial charge in [-0.1, -0.05) is 54.1 Å². The number of hydrogen-bond acceptors (Lipinski definition) is 5. The molecular weight excluding hydrogens is 617 g/mol. The minimum absolute atomic E-state index is 0.0392. The lowest BCUT2D eigenvalue weighted by Gasteiger charge is -2.29. The molecule has 0 amide bonds. The number of hydrogen-bond donors (Lipinski definition) is 3. The number of carboxylic acid groups (broad SMARTS) is 1. The van der Waals surface area contributed by atoms with Crippen LogP contribution in [0.1, 0.15) is 49.8 Å². The molecule has 0 heterocycles. The Hall–Kier alpha value is -2.96. The van der Waals surface area contributed by atoms with Gasteiger partial charge in [0.05, 0.1) is 16.6 Å². The van der Waals surface area contributed by atoms with E-state index in [1.165, 1.54) is 25.2 Å². The van der Waals surface area contributed by atoms with Crippen LogP contribution < -0.4 is 5.32 Å². The van der Waals surface area contributed by atoms with Gasteiger partial charge in [0.2, 0.25) is 10.0 Å². The number of rotatable bonds is 15. The summed E-state index contributed by atoms with van der Waals surface area (Å²) in [5.74, 6) is -0.972. The minimum atomic E-state index is -4.80. The zero-order valence-electron chi connectivity index (χ0n) is 24.9. The molecule has 0 radical (unpaired) electrons. The number of aliphatic carboxylic acids is 1. The van der Waals surface area contributed by atoms with Crippen LogP contribution in [-0.4, -0.2) is 60.7 Å². The van der Waals surface area contributed by atoms with Gasteiger partial charge >= 0.3 is 12.1 Å². The average Bonchev–Trinajstić information content (AvgIpc) is 2.95. The Balaban J connectivity index is 1.69. The van der Waals surface area contributed by atoms with E-state index in [0.717, 1.165) is 35.2 Å². The zero-order valence-corrected chi connectivity index (χ0v) is 26.4. The van der Waals surface area contributed by atoms with Crippen LogP contribution in [0, 0.1) is 0 Å². The molecule has 3 rings (SSSR count). The Labute approximate surface area is 261 Å². The van der Waals surface area contributed by atoms with E-state index in [2.05, 4.69) is 5.32 Å². The third-order valence-electron chi connectivity index (χ3n) is 7.35. The number of aliphatic hydroxyl groups is 1. The third-order valence-corrected chi connectivity index (χ3v) is 9.52. The lowest BCUT2D eigenvalue weighted by atomic mass is 9.95. The van der Waals surface area contributed by atoms with E-state index in [1.807, 2.05) is 38.1 Å². The summed E-state index contributed by atoms with van der Waals surface area (Å²) in [5.41, 5.74) is 0.605. The number of sulfonamides is 1. The quantitative estimate of drug-likeness (QED) is 0.175. The van der Waals surface area contributed by atoms with Gasteiger partial charge in [-0.25, -0.2) is 8.42 Å². The molecule has 44 heavy (non-hydrogen) atoms. The van der Waals surface area contributed by atoms with Crippen LogP contribution in [0.4, 0.5) is 13.2 Å². The van der Waals surface area contributed by atoms with Crippen molar-refractivity contribution in [3.05, 3.63) is 88.4 Å². The zero-order chi connectivity index (χ0) is 32.7. The van der Waals surface area contributed by atoms with Crippen LogP contribution >= 0.6 is 11.6 Å². The Kier molecular flexibility index (Phi) is 12.0. The van der Waals surface area contributed by atoms with E-state index < -0.39 is 38.7 Å². The second-order valence-corrected chi connectivity index (χ2v) is 13.9. The van der Waals surface area contributed by atoms with Crippen LogP contribution in [0.2, 0.25) is 5.02 Å². The number of likely N-dealkylation sites (N-methyl/N-ethyl adjacent to an activating group) is 1. The fraction of sp³-hybridized carbons (Fsp3) is 0.406. The Morgan fingerprint density at radius 1 is 1.00 bits per heavy atom. The molecule has 1 atom stereocenters. The molecule has 0 aromatic heterocycles. The summed E-state index contributed by atoms with van der Waals surface area (Å²) in [6.07, 6.45) is -3.41. The number of carbonyl (C=O) groups is 1. The first-order chi connectivity index (χ1) is 20.5. The van der Waals surface area contributed by atoms with Crippen LogP contribution in [0.25, 0.3) is 11.1 Å². The molecule has 0 saturated carbocycles. The SMILES string of the molecule is CN(C[C@H](O)CNC(C)(C)CCCc1ccccc1Cl)S(=O)(=O)c1cc(-c2ccc(CCC(=O)O)cc2)cc(C(F)(F)F)c1. The first kappa shape index (κ1) is 35.5. The standard InChI is InChI=1S/C32H38ClF3N2O5S/c1-31(2,16-6-8-24-7-4-5-9-29(24)33)37-20-27(39)21-38(3)44(42,43)28-18-25(17-26(19-28)32(34,35)36)23-13-10-22(11-14-23)12-15-30(40)41/h4-5,7,9-11,13-14,17-19,27,37,39H,6,8,12,15-16,20-21H2,1-3H3,(H,40,41)/t27-/m1/s1. The van der Waals surface area contributed by atoms with Crippen molar-refractivity contribution in [1.82, 2.24) is 9.62 Å². The van der Waals surface area contributed by atoms with Gasteiger partial charge in [-0.15, -0.1) is 0 Å². The third kappa shape index (κ3) is 10.3.